The van der Waals surface area contributed by atoms with E-state index in [-0.39, 0.29) is 11.7 Å². The highest BCUT2D eigenvalue weighted by atomic mass is 16.5. The molecule has 0 aliphatic heterocycles. The Hall–Kier alpha value is -3.66. The molecular weight excluding hydrogens is 386 g/mol. The lowest BCUT2D eigenvalue weighted by Gasteiger charge is -2.14. The molecule has 4 heteroatoms. The van der Waals surface area contributed by atoms with E-state index in [4.69, 9.17) is 4.74 Å². The van der Waals surface area contributed by atoms with Crippen LogP contribution in [0.25, 0.3) is 17.2 Å². The van der Waals surface area contributed by atoms with Gasteiger partial charge in [0.25, 0.3) is 0 Å². The van der Waals surface area contributed by atoms with Crippen LogP contribution >= 0.6 is 0 Å². The van der Waals surface area contributed by atoms with Crippen LogP contribution in [0, 0.1) is 0 Å². The maximum atomic E-state index is 12.2. The first-order chi connectivity index (χ1) is 15.2. The molecular formula is C27H25NO3. The molecule has 0 atom stereocenters. The average Bonchev–Trinajstić information content (AvgIpc) is 3.14. The summed E-state index contributed by atoms with van der Waals surface area (Å²) in [4.78, 5) is 23.9. The minimum absolute atomic E-state index is 0.0537. The summed E-state index contributed by atoms with van der Waals surface area (Å²) in [5, 5.41) is 2.76. The van der Waals surface area contributed by atoms with Gasteiger partial charge >= 0.3 is 6.09 Å². The molecule has 0 radical (unpaired) electrons. The fourth-order valence-corrected chi connectivity index (χ4v) is 3.97. The Bertz CT molecular complexity index is 1070. The Kier molecular flexibility index (Phi) is 6.27. The number of benzene rings is 3. The van der Waals surface area contributed by atoms with Gasteiger partial charge in [0.2, 0.25) is 0 Å². The summed E-state index contributed by atoms with van der Waals surface area (Å²) in [5.41, 5.74) is 6.50. The molecule has 1 amide bonds. The van der Waals surface area contributed by atoms with Gasteiger partial charge in [0.15, 0.2) is 5.78 Å². The van der Waals surface area contributed by atoms with Crippen LogP contribution in [0.5, 0.6) is 0 Å². The largest absolute Gasteiger partial charge is 0.449 e. The third kappa shape index (κ3) is 4.58. The maximum Gasteiger partial charge on any atom is 0.407 e. The molecule has 1 aliphatic carbocycles. The number of carbonyl (C=O) groups excluding carboxylic acids is 2. The molecule has 3 aromatic carbocycles. The quantitative estimate of drug-likeness (QED) is 0.498. The van der Waals surface area contributed by atoms with Crippen LogP contribution in [0.15, 0.2) is 78.9 Å². The van der Waals surface area contributed by atoms with Crippen LogP contribution in [-0.2, 0) is 4.74 Å². The Balaban J connectivity index is 1.29. The van der Waals surface area contributed by atoms with Crippen LogP contribution in [0.4, 0.5) is 4.79 Å². The minimum Gasteiger partial charge on any atom is -0.449 e. The van der Waals surface area contributed by atoms with E-state index in [1.165, 1.54) is 22.3 Å². The molecule has 0 saturated carbocycles. The highest BCUT2D eigenvalue weighted by Gasteiger charge is 2.28. The van der Waals surface area contributed by atoms with E-state index in [0.717, 1.165) is 11.1 Å². The molecule has 0 unspecified atom stereocenters. The number of Topliss-reactive ketones (excluding diaryl/α,β-unsaturated/α-hetero) is 1. The number of ether oxygens (including phenoxy) is 1. The lowest BCUT2D eigenvalue weighted by molar-refractivity contribution is 0.0988. The van der Waals surface area contributed by atoms with Crippen LogP contribution in [0.3, 0.4) is 0 Å². The monoisotopic (exact) mass is 411 g/mol. The number of hydrogen-bond acceptors (Lipinski definition) is 3. The minimum atomic E-state index is -0.435. The molecule has 0 saturated heterocycles. The molecule has 3 aromatic rings. The fourth-order valence-electron chi connectivity index (χ4n) is 3.97. The van der Waals surface area contributed by atoms with E-state index >= 15 is 0 Å². The number of hydrogen-bond donors (Lipinski definition) is 1. The van der Waals surface area contributed by atoms with E-state index in [0.29, 0.717) is 19.6 Å². The van der Waals surface area contributed by atoms with Gasteiger partial charge in [-0.3, -0.25) is 4.79 Å². The van der Waals surface area contributed by atoms with Crippen LogP contribution < -0.4 is 5.32 Å². The topological polar surface area (TPSA) is 55.4 Å². The van der Waals surface area contributed by atoms with E-state index in [1.807, 2.05) is 67.6 Å². The predicted molar refractivity (Wildman–Crippen MR) is 123 cm³/mol. The van der Waals surface area contributed by atoms with Gasteiger partial charge < -0.3 is 10.1 Å². The molecule has 0 fully saturated rings. The Labute approximate surface area is 182 Å². The number of nitrogens with one attached hydrogen (secondary N) is 1. The first-order valence-electron chi connectivity index (χ1n) is 10.6. The van der Waals surface area contributed by atoms with Gasteiger partial charge in [0.05, 0.1) is 0 Å². The van der Waals surface area contributed by atoms with Crippen LogP contribution in [0.2, 0.25) is 0 Å². The molecule has 4 rings (SSSR count). The molecule has 156 valence electrons. The summed E-state index contributed by atoms with van der Waals surface area (Å²) in [5.74, 6) is 0.186. The molecule has 0 aromatic heterocycles. The van der Waals surface area contributed by atoms with Crippen LogP contribution in [0.1, 0.15) is 46.3 Å². The second-order valence-electron chi connectivity index (χ2n) is 7.51. The number of rotatable bonds is 7. The van der Waals surface area contributed by atoms with E-state index in [9.17, 15) is 9.59 Å². The molecule has 0 heterocycles. The van der Waals surface area contributed by atoms with Gasteiger partial charge in [0, 0.05) is 24.4 Å². The zero-order valence-corrected chi connectivity index (χ0v) is 17.5. The lowest BCUT2D eigenvalue weighted by Crippen LogP contribution is -2.26. The fraction of sp³-hybridized carbons (Fsp3) is 0.185. The molecule has 0 bridgehead atoms. The number of amides is 1. The van der Waals surface area contributed by atoms with Gasteiger partial charge in [-0.25, -0.2) is 4.79 Å². The molecule has 0 spiro atoms. The van der Waals surface area contributed by atoms with Gasteiger partial charge in [-0.1, -0.05) is 91.9 Å². The molecule has 31 heavy (non-hydrogen) atoms. The zero-order valence-electron chi connectivity index (χ0n) is 17.5. The number of fused-ring (bicyclic) bond motifs is 3. The lowest BCUT2D eigenvalue weighted by atomic mass is 9.98. The third-order valence-corrected chi connectivity index (χ3v) is 5.57. The summed E-state index contributed by atoms with van der Waals surface area (Å²) in [6, 6.07) is 24.0. The summed E-state index contributed by atoms with van der Waals surface area (Å²) >= 11 is 0. The predicted octanol–water partition coefficient (Wildman–Crippen LogP) is 5.83. The van der Waals surface area contributed by atoms with Crippen molar-refractivity contribution >= 4 is 18.0 Å². The van der Waals surface area contributed by atoms with Gasteiger partial charge in [-0.15, -0.1) is 0 Å². The Morgan fingerprint density at radius 1 is 0.903 bits per heavy atom. The number of alkyl carbamates (subject to hydrolysis) is 1. The molecule has 1 N–H and O–H groups in total. The van der Waals surface area contributed by atoms with Crippen molar-refractivity contribution in [2.24, 2.45) is 0 Å². The third-order valence-electron chi connectivity index (χ3n) is 5.57. The van der Waals surface area contributed by atoms with Crippen molar-refractivity contribution < 1.29 is 14.3 Å². The normalized spacial score (nSPS) is 12.4. The maximum absolute atomic E-state index is 12.2. The first-order valence-corrected chi connectivity index (χ1v) is 10.6. The molecule has 4 nitrogen and oxygen atoms in total. The Morgan fingerprint density at radius 2 is 1.52 bits per heavy atom. The van der Waals surface area contributed by atoms with Crippen molar-refractivity contribution in [2.45, 2.75) is 19.3 Å². The highest BCUT2D eigenvalue weighted by molar-refractivity contribution is 5.96. The highest BCUT2D eigenvalue weighted by Crippen LogP contribution is 2.44. The second kappa shape index (κ2) is 9.43. The summed E-state index contributed by atoms with van der Waals surface area (Å²) in [6.45, 7) is 2.52. The standard InChI is InChI=1S/C27H25NO3/c1-2-26(29)20-15-13-19(14-16-20)8-7-17-28-27(30)31-18-25-23-11-5-3-9-21(23)22-10-4-6-12-24(22)25/h3-16,25H,2,17-18H2,1H3,(H,28,30). The second-order valence-corrected chi connectivity index (χ2v) is 7.51. The van der Waals surface area contributed by atoms with E-state index in [1.54, 1.807) is 0 Å². The van der Waals surface area contributed by atoms with Crippen LogP contribution in [-0.4, -0.2) is 25.0 Å². The van der Waals surface area contributed by atoms with Crippen molar-refractivity contribution in [3.63, 3.8) is 0 Å². The average molecular weight is 412 g/mol. The molecule has 1 aliphatic rings. The number of ketones is 1. The van der Waals surface area contributed by atoms with Crippen molar-refractivity contribution in [3.05, 3.63) is 101 Å². The van der Waals surface area contributed by atoms with Crippen molar-refractivity contribution in [1.29, 1.82) is 0 Å². The van der Waals surface area contributed by atoms with Gasteiger partial charge in [0.1, 0.15) is 6.61 Å². The SMILES string of the molecule is CCC(=O)c1ccc(C=CCNC(=O)OCC2c3ccccc3-c3ccccc32)cc1. The van der Waals surface area contributed by atoms with Gasteiger partial charge in [-0.05, 0) is 27.8 Å². The van der Waals surface area contributed by atoms with Crippen molar-refractivity contribution in [3.8, 4) is 11.1 Å². The van der Waals surface area contributed by atoms with Crippen molar-refractivity contribution in [1.82, 2.24) is 5.32 Å². The first kappa shape index (κ1) is 20.6. The Morgan fingerprint density at radius 3 is 2.13 bits per heavy atom. The van der Waals surface area contributed by atoms with E-state index < -0.39 is 6.09 Å². The van der Waals surface area contributed by atoms with Crippen molar-refractivity contribution in [2.75, 3.05) is 13.2 Å². The van der Waals surface area contributed by atoms with E-state index in [2.05, 4.69) is 29.6 Å². The summed E-state index contributed by atoms with van der Waals surface area (Å²) < 4.78 is 5.52. The summed E-state index contributed by atoms with van der Waals surface area (Å²) in [6.07, 6.45) is 3.83. The zero-order chi connectivity index (χ0) is 21.6. The smallest absolute Gasteiger partial charge is 0.407 e. The summed E-state index contributed by atoms with van der Waals surface area (Å²) in [7, 11) is 0. The number of carbonyl (C=O) groups is 2. The van der Waals surface area contributed by atoms with Gasteiger partial charge in [-0.2, -0.15) is 0 Å².